The Morgan fingerprint density at radius 1 is 1.05 bits per heavy atom. The number of hydrogen-bond donors (Lipinski definition) is 1. The zero-order valence-electron chi connectivity index (χ0n) is 12.9. The molecule has 0 aromatic heterocycles. The van der Waals surface area contributed by atoms with Crippen LogP contribution >= 0.6 is 0 Å². The zero-order chi connectivity index (χ0) is 15.2. The second-order valence-electron chi connectivity index (χ2n) is 5.31. The van der Waals surface area contributed by atoms with Gasteiger partial charge < -0.3 is 10.2 Å². The molecule has 0 atom stereocenters. The highest BCUT2D eigenvalue weighted by Crippen LogP contribution is 2.15. The maximum atomic E-state index is 12.4. The van der Waals surface area contributed by atoms with Gasteiger partial charge in [-0.1, -0.05) is 36.4 Å². The Morgan fingerprint density at radius 3 is 2.24 bits per heavy atom. The third-order valence-corrected chi connectivity index (χ3v) is 3.36. The van der Waals surface area contributed by atoms with Crippen LogP contribution in [-0.2, 0) is 6.54 Å². The average Bonchev–Trinajstić information content (AvgIpc) is 2.44. The number of aryl methyl sites for hydroxylation is 2. The van der Waals surface area contributed by atoms with E-state index in [0.717, 1.165) is 22.4 Å². The molecule has 0 aliphatic rings. The fourth-order valence-electron chi connectivity index (χ4n) is 2.38. The van der Waals surface area contributed by atoms with Crippen molar-refractivity contribution in [1.82, 2.24) is 4.90 Å². The van der Waals surface area contributed by atoms with Gasteiger partial charge in [0.15, 0.2) is 0 Å². The smallest absolute Gasteiger partial charge is 0.320 e. The van der Waals surface area contributed by atoms with Crippen LogP contribution in [0.3, 0.4) is 0 Å². The van der Waals surface area contributed by atoms with Crippen LogP contribution in [-0.4, -0.2) is 17.5 Å². The molecule has 3 nitrogen and oxygen atoms in total. The van der Waals surface area contributed by atoms with Crippen LogP contribution < -0.4 is 5.32 Å². The second kappa shape index (κ2) is 6.93. The Morgan fingerprint density at radius 2 is 1.67 bits per heavy atom. The van der Waals surface area contributed by atoms with Gasteiger partial charge in [0, 0.05) is 18.8 Å². The van der Waals surface area contributed by atoms with Crippen LogP contribution in [0.5, 0.6) is 0 Å². The maximum Gasteiger partial charge on any atom is 0.322 e. The quantitative estimate of drug-likeness (QED) is 0.888. The molecular formula is C18H22N2O. The van der Waals surface area contributed by atoms with Crippen molar-refractivity contribution in [3.63, 3.8) is 0 Å². The fourth-order valence-corrected chi connectivity index (χ4v) is 2.38. The third kappa shape index (κ3) is 4.35. The summed E-state index contributed by atoms with van der Waals surface area (Å²) in [6, 6.07) is 16.0. The minimum Gasteiger partial charge on any atom is -0.320 e. The van der Waals surface area contributed by atoms with Gasteiger partial charge in [0.1, 0.15) is 0 Å². The Balaban J connectivity index is 2.06. The zero-order valence-corrected chi connectivity index (χ0v) is 12.9. The monoisotopic (exact) mass is 282 g/mol. The molecule has 2 amide bonds. The van der Waals surface area contributed by atoms with Crippen molar-refractivity contribution < 1.29 is 4.79 Å². The number of anilines is 1. The van der Waals surface area contributed by atoms with Crippen molar-refractivity contribution in [2.45, 2.75) is 27.3 Å². The van der Waals surface area contributed by atoms with Crippen LogP contribution in [0.2, 0.25) is 0 Å². The lowest BCUT2D eigenvalue weighted by molar-refractivity contribution is 0.212. The van der Waals surface area contributed by atoms with E-state index in [-0.39, 0.29) is 6.03 Å². The number of nitrogens with one attached hydrogen (secondary N) is 1. The van der Waals surface area contributed by atoms with Gasteiger partial charge in [-0.3, -0.25) is 0 Å². The summed E-state index contributed by atoms with van der Waals surface area (Å²) in [5, 5.41) is 2.98. The second-order valence-corrected chi connectivity index (χ2v) is 5.31. The van der Waals surface area contributed by atoms with E-state index in [4.69, 9.17) is 0 Å². The highest BCUT2D eigenvalue weighted by atomic mass is 16.2. The van der Waals surface area contributed by atoms with Crippen LogP contribution in [0.1, 0.15) is 23.6 Å². The van der Waals surface area contributed by atoms with E-state index < -0.39 is 0 Å². The van der Waals surface area contributed by atoms with Crippen molar-refractivity contribution in [1.29, 1.82) is 0 Å². The number of urea groups is 1. The first-order chi connectivity index (χ1) is 10.1. The molecule has 3 heteroatoms. The summed E-state index contributed by atoms with van der Waals surface area (Å²) in [6.07, 6.45) is 0. The molecule has 0 heterocycles. The first kappa shape index (κ1) is 15.1. The van der Waals surface area contributed by atoms with Crippen LogP contribution in [0.4, 0.5) is 10.5 Å². The molecule has 0 saturated heterocycles. The third-order valence-electron chi connectivity index (χ3n) is 3.36. The Bertz CT molecular complexity index is 588. The summed E-state index contributed by atoms with van der Waals surface area (Å²) in [5.41, 5.74) is 4.28. The van der Waals surface area contributed by atoms with Gasteiger partial charge >= 0.3 is 6.03 Å². The van der Waals surface area contributed by atoms with E-state index in [0.29, 0.717) is 13.1 Å². The predicted molar refractivity (Wildman–Crippen MR) is 87.5 cm³/mol. The summed E-state index contributed by atoms with van der Waals surface area (Å²) in [5.74, 6) is 0. The molecule has 21 heavy (non-hydrogen) atoms. The molecule has 0 aliphatic carbocycles. The van der Waals surface area contributed by atoms with Crippen LogP contribution in [0.15, 0.2) is 48.5 Å². The molecular weight excluding hydrogens is 260 g/mol. The number of amides is 2. The van der Waals surface area contributed by atoms with Gasteiger partial charge in [-0.05, 0) is 49.6 Å². The minimum absolute atomic E-state index is 0.0636. The number of carbonyl (C=O) groups is 1. The van der Waals surface area contributed by atoms with Gasteiger partial charge in [-0.25, -0.2) is 4.79 Å². The number of hydrogen-bond acceptors (Lipinski definition) is 1. The van der Waals surface area contributed by atoms with Crippen molar-refractivity contribution >= 4 is 11.7 Å². The van der Waals surface area contributed by atoms with E-state index in [1.54, 1.807) is 4.90 Å². The van der Waals surface area contributed by atoms with E-state index in [9.17, 15) is 4.79 Å². The predicted octanol–water partition coefficient (Wildman–Crippen LogP) is 4.36. The summed E-state index contributed by atoms with van der Waals surface area (Å²) < 4.78 is 0. The first-order valence-electron chi connectivity index (χ1n) is 7.26. The van der Waals surface area contributed by atoms with E-state index in [1.807, 2.05) is 63.2 Å². The van der Waals surface area contributed by atoms with Crippen molar-refractivity contribution in [2.24, 2.45) is 0 Å². The number of rotatable bonds is 4. The highest BCUT2D eigenvalue weighted by molar-refractivity contribution is 5.89. The molecule has 110 valence electrons. The van der Waals surface area contributed by atoms with Crippen molar-refractivity contribution in [3.05, 3.63) is 65.2 Å². The normalized spacial score (nSPS) is 10.2. The average molecular weight is 282 g/mol. The van der Waals surface area contributed by atoms with Crippen molar-refractivity contribution in [2.75, 3.05) is 11.9 Å². The number of carbonyl (C=O) groups excluding carboxylic acids is 1. The molecule has 0 unspecified atom stereocenters. The van der Waals surface area contributed by atoms with E-state index in [1.165, 1.54) is 0 Å². The largest absolute Gasteiger partial charge is 0.322 e. The molecule has 0 bridgehead atoms. The van der Waals surface area contributed by atoms with Crippen LogP contribution in [0, 0.1) is 13.8 Å². The Labute approximate surface area is 126 Å². The summed E-state index contributed by atoms with van der Waals surface area (Å²) in [4.78, 5) is 14.2. The summed E-state index contributed by atoms with van der Waals surface area (Å²) in [6.45, 7) is 7.35. The lowest BCUT2D eigenvalue weighted by atomic mass is 10.1. The van der Waals surface area contributed by atoms with Gasteiger partial charge in [-0.15, -0.1) is 0 Å². The number of benzene rings is 2. The molecule has 2 rings (SSSR count). The van der Waals surface area contributed by atoms with Crippen LogP contribution in [0.25, 0.3) is 0 Å². The molecule has 1 N–H and O–H groups in total. The SMILES string of the molecule is CCN(Cc1ccccc1)C(=O)Nc1cc(C)cc(C)c1. The standard InChI is InChI=1S/C18H22N2O/c1-4-20(13-16-8-6-5-7-9-16)18(21)19-17-11-14(2)10-15(3)12-17/h5-12H,4,13H2,1-3H3,(H,19,21). The Kier molecular flexibility index (Phi) is 4.99. The van der Waals surface area contributed by atoms with E-state index in [2.05, 4.69) is 11.4 Å². The lowest BCUT2D eigenvalue weighted by Gasteiger charge is -2.21. The minimum atomic E-state index is -0.0636. The number of nitrogens with zero attached hydrogens (tertiary/aromatic N) is 1. The summed E-state index contributed by atoms with van der Waals surface area (Å²) >= 11 is 0. The molecule has 0 spiro atoms. The molecule has 0 saturated carbocycles. The van der Waals surface area contributed by atoms with Gasteiger partial charge in [0.2, 0.25) is 0 Å². The molecule has 0 radical (unpaired) electrons. The summed E-state index contributed by atoms with van der Waals surface area (Å²) in [7, 11) is 0. The highest BCUT2D eigenvalue weighted by Gasteiger charge is 2.12. The lowest BCUT2D eigenvalue weighted by Crippen LogP contribution is -2.34. The van der Waals surface area contributed by atoms with Crippen molar-refractivity contribution in [3.8, 4) is 0 Å². The molecule has 2 aromatic carbocycles. The van der Waals surface area contributed by atoms with Gasteiger partial charge in [0.05, 0.1) is 0 Å². The van der Waals surface area contributed by atoms with E-state index >= 15 is 0 Å². The maximum absolute atomic E-state index is 12.4. The van der Waals surface area contributed by atoms with Gasteiger partial charge in [0.25, 0.3) is 0 Å². The fraction of sp³-hybridized carbons (Fsp3) is 0.278. The topological polar surface area (TPSA) is 32.3 Å². The molecule has 2 aromatic rings. The molecule has 0 aliphatic heterocycles. The Hall–Kier alpha value is -2.29. The van der Waals surface area contributed by atoms with Gasteiger partial charge in [-0.2, -0.15) is 0 Å². The first-order valence-corrected chi connectivity index (χ1v) is 7.26. The molecule has 0 fully saturated rings.